The van der Waals surface area contributed by atoms with Gasteiger partial charge in [0.05, 0.1) is 11.5 Å². The number of hydrogen-bond acceptors (Lipinski definition) is 14. The van der Waals surface area contributed by atoms with Gasteiger partial charge in [-0.15, -0.1) is 0 Å². The molecule has 21 heteroatoms. The molecule has 0 heterocycles. The number of hydrogen-bond donors (Lipinski definition) is 2. The second kappa shape index (κ2) is 17.8. The van der Waals surface area contributed by atoms with E-state index in [9.17, 15) is 47.6 Å². The van der Waals surface area contributed by atoms with Crippen LogP contribution in [0.4, 0.5) is 0 Å². The Bertz CT molecular complexity index is 656. The number of aliphatic hydroxyl groups is 2. The average Bonchev–Trinajstić information content (AvgIpc) is 2.32. The van der Waals surface area contributed by atoms with Crippen LogP contribution in [0.15, 0.2) is 24.7 Å². The predicted molar refractivity (Wildman–Crippen MR) is 91.5 cm³/mol. The normalized spacial score (nSPS) is 16.9. The van der Waals surface area contributed by atoms with Crippen LogP contribution in [-0.4, -0.2) is 168 Å². The van der Waals surface area contributed by atoms with Crippen molar-refractivity contribution in [2.75, 3.05) is 0 Å². The SMILES string of the molecule is C=C(C)OP(=O)([O-])C(O)P(=O)([O-])[O-].C=C(C)OP(=O)([O-])C(O)P(=O)([O-])[O-].[Ba+2].[Ba+2].[Ba+2]. The van der Waals surface area contributed by atoms with E-state index < -0.39 is 41.6 Å². The van der Waals surface area contributed by atoms with Crippen molar-refractivity contribution in [1.82, 2.24) is 0 Å². The molecule has 0 aromatic carbocycles. The molecule has 14 nitrogen and oxygen atoms in total. The summed E-state index contributed by atoms with van der Waals surface area (Å²) in [6, 6.07) is 0. The summed E-state index contributed by atoms with van der Waals surface area (Å²) >= 11 is 0. The maximum atomic E-state index is 10.7. The van der Waals surface area contributed by atoms with Gasteiger partial charge in [0, 0.05) is 0 Å². The summed E-state index contributed by atoms with van der Waals surface area (Å²) in [4.78, 5) is 61.8. The monoisotopic (exact) mass is 872 g/mol. The molecular weight excluding hydrogens is 856 g/mol. The van der Waals surface area contributed by atoms with Crippen LogP contribution in [-0.2, 0) is 27.3 Å². The molecule has 0 bridgehead atoms. The maximum Gasteiger partial charge on any atom is 2.00 e. The van der Waals surface area contributed by atoms with Gasteiger partial charge < -0.3 is 57.8 Å². The van der Waals surface area contributed by atoms with Crippen molar-refractivity contribution in [3.05, 3.63) is 24.7 Å². The quantitative estimate of drug-likeness (QED) is 0.132. The molecule has 0 radical (unpaired) electrons. The minimum atomic E-state index is -5.62. The standard InChI is InChI=1S/2C4H10O7P2.3Ba/c2*1-3(2)11-13(9,10)4(5)12(6,7)8;;;/h2*4-5H,1H2,2H3,(H,9,10)(H2,6,7,8);;;/q;;3*+2/p-6. The predicted octanol–water partition coefficient (Wildman–Crippen LogP) is -4.58. The molecule has 0 spiro atoms. The summed E-state index contributed by atoms with van der Waals surface area (Å²) < 4.78 is 49.4. The van der Waals surface area contributed by atoms with Crippen LogP contribution in [0, 0.1) is 0 Å². The van der Waals surface area contributed by atoms with E-state index >= 15 is 0 Å². The van der Waals surface area contributed by atoms with Crippen molar-refractivity contribution in [2.45, 2.75) is 25.0 Å². The molecule has 0 aromatic rings. The molecule has 0 saturated carbocycles. The second-order valence-electron chi connectivity index (χ2n) is 4.44. The van der Waals surface area contributed by atoms with Gasteiger partial charge in [-0.1, -0.05) is 13.2 Å². The molecule has 0 amide bonds. The first-order chi connectivity index (χ1) is 11.1. The van der Waals surface area contributed by atoms with Crippen molar-refractivity contribution in [1.29, 1.82) is 0 Å². The first kappa shape index (κ1) is 43.5. The van der Waals surface area contributed by atoms with Crippen molar-refractivity contribution >= 4 is 177 Å². The zero-order valence-electron chi connectivity index (χ0n) is 15.3. The fourth-order valence-electron chi connectivity index (χ4n) is 0.875. The summed E-state index contributed by atoms with van der Waals surface area (Å²) in [6.07, 6.45) is 0. The Morgan fingerprint density at radius 3 is 0.966 bits per heavy atom. The summed E-state index contributed by atoms with van der Waals surface area (Å²) in [5.74, 6) is -0.684. The third-order valence-corrected chi connectivity index (χ3v) is 8.49. The third kappa shape index (κ3) is 20.3. The zero-order valence-corrected chi connectivity index (χ0v) is 32.2. The molecule has 4 unspecified atom stereocenters. The van der Waals surface area contributed by atoms with Gasteiger partial charge in [-0.2, -0.15) is 0 Å². The Hall–Kier alpha value is 4.39. The summed E-state index contributed by atoms with van der Waals surface area (Å²) in [5.41, 5.74) is -6.15. The molecule has 2 N–H and O–H groups in total. The minimum Gasteiger partial charge on any atom is -0.809 e. The Morgan fingerprint density at radius 2 is 0.862 bits per heavy atom. The average molecular weight is 870 g/mol. The molecule has 156 valence electrons. The van der Waals surface area contributed by atoms with Gasteiger partial charge in [-0.3, -0.25) is 9.13 Å². The largest absolute Gasteiger partial charge is 2.00 e. The number of aliphatic hydroxyl groups excluding tert-OH is 2. The molecule has 0 aliphatic heterocycles. The van der Waals surface area contributed by atoms with Gasteiger partial charge in [0.1, 0.15) is 0 Å². The summed E-state index contributed by atoms with van der Waals surface area (Å²) in [6.45, 7) is 8.26. The van der Waals surface area contributed by atoms with Gasteiger partial charge in [0.2, 0.25) is 15.2 Å². The summed E-state index contributed by atoms with van der Waals surface area (Å²) in [7, 11) is -21.5. The van der Waals surface area contributed by atoms with Crippen LogP contribution in [0.2, 0.25) is 0 Å². The topological polar surface area (TPSA) is 266 Å². The van der Waals surface area contributed by atoms with E-state index in [1.165, 1.54) is 0 Å². The Morgan fingerprint density at radius 1 is 0.690 bits per heavy atom. The molecule has 29 heavy (non-hydrogen) atoms. The Kier molecular flexibility index (Phi) is 26.6. The van der Waals surface area contributed by atoms with Crippen LogP contribution in [0.1, 0.15) is 13.8 Å². The number of allylic oxidation sites excluding steroid dienone is 2. The van der Waals surface area contributed by atoms with Gasteiger partial charge in [0.25, 0.3) is 0 Å². The molecular formula is C8H14Ba3O14P4. The van der Waals surface area contributed by atoms with E-state index in [4.69, 9.17) is 10.2 Å². The third-order valence-electron chi connectivity index (χ3n) is 1.70. The Balaban J connectivity index is -0.000000120. The van der Waals surface area contributed by atoms with E-state index in [0.717, 1.165) is 13.8 Å². The smallest absolute Gasteiger partial charge is 0.809 e. The molecule has 0 rings (SSSR count). The van der Waals surface area contributed by atoms with Crippen molar-refractivity contribution < 1.29 is 66.9 Å². The van der Waals surface area contributed by atoms with Crippen LogP contribution >= 0.6 is 30.4 Å². The first-order valence-electron chi connectivity index (χ1n) is 5.86. The van der Waals surface area contributed by atoms with E-state index in [1.807, 2.05) is 0 Å². The zero-order chi connectivity index (χ0) is 21.7. The maximum absolute atomic E-state index is 10.7. The fourth-order valence-corrected chi connectivity index (χ4v) is 4.99. The van der Waals surface area contributed by atoms with Crippen molar-refractivity contribution in [3.63, 3.8) is 0 Å². The first-order valence-corrected chi connectivity index (χ1v) is 12.3. The molecule has 4 atom stereocenters. The van der Waals surface area contributed by atoms with Crippen LogP contribution in [0.3, 0.4) is 0 Å². The van der Waals surface area contributed by atoms with Gasteiger partial charge in [0.15, 0.2) is 11.2 Å². The van der Waals surface area contributed by atoms with Crippen molar-refractivity contribution in [2.24, 2.45) is 0 Å². The molecule has 0 saturated heterocycles. The molecule has 0 aromatic heterocycles. The minimum absolute atomic E-state index is 0. The van der Waals surface area contributed by atoms with Crippen LogP contribution in [0.25, 0.3) is 0 Å². The fraction of sp³-hybridized carbons (Fsp3) is 0.500. The van der Waals surface area contributed by atoms with E-state index in [2.05, 4.69) is 22.2 Å². The summed E-state index contributed by atoms with van der Waals surface area (Å²) in [5, 5.41) is 17.1. The van der Waals surface area contributed by atoms with Gasteiger partial charge in [-0.25, -0.2) is 0 Å². The Labute approximate surface area is 287 Å². The van der Waals surface area contributed by atoms with Gasteiger partial charge in [-0.05, 0) is 29.0 Å². The molecule has 0 fully saturated rings. The molecule has 0 aliphatic rings. The van der Waals surface area contributed by atoms with Crippen LogP contribution < -0.4 is 29.4 Å². The van der Waals surface area contributed by atoms with Crippen LogP contribution in [0.5, 0.6) is 0 Å². The van der Waals surface area contributed by atoms with Crippen molar-refractivity contribution in [3.8, 4) is 0 Å². The van der Waals surface area contributed by atoms with E-state index in [1.54, 1.807) is 0 Å². The number of rotatable bonds is 8. The molecule has 0 aliphatic carbocycles. The van der Waals surface area contributed by atoms with Gasteiger partial charge >= 0.3 is 147 Å². The van der Waals surface area contributed by atoms with E-state index in [-0.39, 0.29) is 158 Å². The van der Waals surface area contributed by atoms with E-state index in [0.29, 0.717) is 0 Å². The second-order valence-corrected chi connectivity index (χ2v) is 11.9.